The molecule has 0 radical (unpaired) electrons. The number of aliphatic hydroxyl groups is 1. The summed E-state index contributed by atoms with van der Waals surface area (Å²) in [7, 11) is 1.21. The third kappa shape index (κ3) is 7.66. The van der Waals surface area contributed by atoms with Gasteiger partial charge in [0.1, 0.15) is 17.3 Å². The predicted octanol–water partition coefficient (Wildman–Crippen LogP) is 5.16. The third-order valence-corrected chi connectivity index (χ3v) is 6.69. The number of aliphatic hydroxyl groups excluding tert-OH is 1. The van der Waals surface area contributed by atoms with E-state index < -0.39 is 23.7 Å². The van der Waals surface area contributed by atoms with Gasteiger partial charge in [-0.3, -0.25) is 14.4 Å². The average Bonchev–Trinajstić information content (AvgIpc) is 3.35. The first-order valence-corrected chi connectivity index (χ1v) is 13.8. The number of halogens is 1. The first kappa shape index (κ1) is 31.0. The monoisotopic (exact) mass is 584 g/mol. The molecule has 9 nitrogen and oxygen atoms in total. The summed E-state index contributed by atoms with van der Waals surface area (Å²) in [5.74, 6) is -1.41. The lowest BCUT2D eigenvalue weighted by atomic mass is 9.94. The molecule has 0 aliphatic heterocycles. The van der Waals surface area contributed by atoms with Crippen molar-refractivity contribution in [3.63, 3.8) is 0 Å². The molecule has 1 atom stereocenters. The Balaban J connectivity index is 1.89. The SMILES string of the molecule is COC(=O)C[C@H](O)CC(=O)/C=C/c1c(-c2ccc(F)cc2)c(-c2ccccc2)c(C(=O)NCc2ncccn2)n1C(C)C. The van der Waals surface area contributed by atoms with Crippen LogP contribution in [0.3, 0.4) is 0 Å². The average molecular weight is 585 g/mol. The number of methoxy groups -OCH3 is 1. The molecule has 0 saturated carbocycles. The van der Waals surface area contributed by atoms with E-state index in [2.05, 4.69) is 20.0 Å². The topological polar surface area (TPSA) is 123 Å². The lowest BCUT2D eigenvalue weighted by molar-refractivity contribution is -0.143. The van der Waals surface area contributed by atoms with Crippen LogP contribution in [-0.4, -0.2) is 50.5 Å². The molecule has 2 aromatic carbocycles. The van der Waals surface area contributed by atoms with Crippen molar-refractivity contribution in [3.8, 4) is 22.3 Å². The van der Waals surface area contributed by atoms with Crippen molar-refractivity contribution in [2.24, 2.45) is 0 Å². The fraction of sp³-hybridized carbons (Fsp3) is 0.242. The molecule has 0 saturated heterocycles. The van der Waals surface area contributed by atoms with Crippen molar-refractivity contribution in [2.45, 2.75) is 45.4 Å². The van der Waals surface area contributed by atoms with Gasteiger partial charge in [0.15, 0.2) is 5.78 Å². The van der Waals surface area contributed by atoms with E-state index in [4.69, 9.17) is 0 Å². The number of rotatable bonds is 12. The van der Waals surface area contributed by atoms with Crippen LogP contribution >= 0.6 is 0 Å². The number of nitrogens with zero attached hydrogens (tertiary/aromatic N) is 3. The Bertz CT molecular complexity index is 1600. The minimum Gasteiger partial charge on any atom is -0.469 e. The molecule has 2 heterocycles. The number of carbonyl (C=O) groups excluding carboxylic acids is 3. The lowest BCUT2D eigenvalue weighted by Gasteiger charge is -2.17. The second-order valence-corrected chi connectivity index (χ2v) is 10.1. The summed E-state index contributed by atoms with van der Waals surface area (Å²) in [5.41, 5.74) is 3.49. The quantitative estimate of drug-likeness (QED) is 0.174. The van der Waals surface area contributed by atoms with Gasteiger partial charge in [0.25, 0.3) is 5.91 Å². The van der Waals surface area contributed by atoms with Gasteiger partial charge >= 0.3 is 5.97 Å². The van der Waals surface area contributed by atoms with Gasteiger partial charge in [0, 0.05) is 36.0 Å². The molecule has 4 aromatic rings. The molecule has 0 fully saturated rings. The van der Waals surface area contributed by atoms with Crippen LogP contribution in [0.2, 0.25) is 0 Å². The molecule has 43 heavy (non-hydrogen) atoms. The van der Waals surface area contributed by atoms with E-state index in [0.29, 0.717) is 33.9 Å². The Kier molecular flexibility index (Phi) is 10.3. The van der Waals surface area contributed by atoms with Gasteiger partial charge in [-0.2, -0.15) is 0 Å². The van der Waals surface area contributed by atoms with Crippen LogP contribution in [0.1, 0.15) is 54.7 Å². The largest absolute Gasteiger partial charge is 0.469 e. The summed E-state index contributed by atoms with van der Waals surface area (Å²) in [6.07, 6.45) is 4.28. The molecule has 2 aromatic heterocycles. The van der Waals surface area contributed by atoms with Crippen molar-refractivity contribution in [1.82, 2.24) is 19.9 Å². The number of amides is 1. The zero-order chi connectivity index (χ0) is 30.9. The van der Waals surface area contributed by atoms with Crippen LogP contribution in [0, 0.1) is 5.82 Å². The maximum atomic E-state index is 14.0. The molecule has 10 heteroatoms. The number of carbonyl (C=O) groups is 3. The third-order valence-electron chi connectivity index (χ3n) is 6.69. The van der Waals surface area contributed by atoms with E-state index in [1.807, 2.05) is 48.7 Å². The van der Waals surface area contributed by atoms with E-state index in [0.717, 1.165) is 5.56 Å². The maximum absolute atomic E-state index is 14.0. The van der Waals surface area contributed by atoms with Crippen molar-refractivity contribution in [2.75, 3.05) is 7.11 Å². The molecule has 0 bridgehead atoms. The maximum Gasteiger partial charge on any atom is 0.308 e. The standard InChI is InChI=1S/C33H33FN4O5/c1-21(2)38-27(15-14-25(39)18-26(40)19-29(41)43-3)30(23-10-12-24(34)13-11-23)31(22-8-5-4-6-9-22)32(38)33(42)37-20-28-35-16-7-17-36-28/h4-17,21,26,40H,18-20H2,1-3H3,(H,37,42)/b15-14+/t26-/m1/s1. The van der Waals surface area contributed by atoms with Gasteiger partial charge in [0.2, 0.25) is 0 Å². The number of hydrogen-bond donors (Lipinski definition) is 2. The highest BCUT2D eigenvalue weighted by molar-refractivity contribution is 6.07. The molecule has 0 aliphatic carbocycles. The zero-order valence-corrected chi connectivity index (χ0v) is 24.2. The van der Waals surface area contributed by atoms with E-state index in [-0.39, 0.29) is 31.3 Å². The van der Waals surface area contributed by atoms with Crippen LogP contribution in [0.25, 0.3) is 28.3 Å². The van der Waals surface area contributed by atoms with Crippen LogP contribution in [0.5, 0.6) is 0 Å². The lowest BCUT2D eigenvalue weighted by Crippen LogP contribution is -2.27. The van der Waals surface area contributed by atoms with Crippen molar-refractivity contribution in [3.05, 3.63) is 102 Å². The predicted molar refractivity (Wildman–Crippen MR) is 160 cm³/mol. The molecule has 1 amide bonds. The Hall–Kier alpha value is -4.96. The van der Waals surface area contributed by atoms with Gasteiger partial charge in [-0.15, -0.1) is 0 Å². The van der Waals surface area contributed by atoms with Gasteiger partial charge in [0.05, 0.1) is 31.9 Å². The van der Waals surface area contributed by atoms with Gasteiger partial charge in [-0.1, -0.05) is 42.5 Å². The number of hydrogen-bond acceptors (Lipinski definition) is 7. The number of ketones is 1. The number of aromatic nitrogens is 3. The Morgan fingerprint density at radius 2 is 1.60 bits per heavy atom. The molecule has 0 spiro atoms. The number of benzene rings is 2. The van der Waals surface area contributed by atoms with Gasteiger partial charge in [-0.25, -0.2) is 14.4 Å². The summed E-state index contributed by atoms with van der Waals surface area (Å²) in [6, 6.07) is 16.7. The minimum absolute atomic E-state index is 0.0881. The summed E-state index contributed by atoms with van der Waals surface area (Å²) in [6.45, 7) is 3.92. The number of ether oxygens (including phenoxy) is 1. The molecule has 2 N–H and O–H groups in total. The molecular weight excluding hydrogens is 551 g/mol. The highest BCUT2D eigenvalue weighted by atomic mass is 19.1. The van der Waals surface area contributed by atoms with Gasteiger partial charge in [-0.05, 0) is 55.3 Å². The Labute approximate surface area is 249 Å². The first-order valence-electron chi connectivity index (χ1n) is 13.8. The van der Waals surface area contributed by atoms with E-state index in [1.54, 1.807) is 36.7 Å². The number of nitrogens with one attached hydrogen (secondary N) is 1. The van der Waals surface area contributed by atoms with Crippen LogP contribution in [0.4, 0.5) is 4.39 Å². The summed E-state index contributed by atoms with van der Waals surface area (Å²) in [5, 5.41) is 13.1. The highest BCUT2D eigenvalue weighted by Crippen LogP contribution is 2.42. The van der Waals surface area contributed by atoms with Crippen molar-refractivity contribution >= 4 is 23.7 Å². The Morgan fingerprint density at radius 1 is 0.953 bits per heavy atom. The molecule has 0 unspecified atom stereocenters. The smallest absolute Gasteiger partial charge is 0.308 e. The fourth-order valence-electron chi connectivity index (χ4n) is 4.81. The normalized spacial score (nSPS) is 12.0. The molecule has 222 valence electrons. The van der Waals surface area contributed by atoms with E-state index in [1.165, 1.54) is 25.3 Å². The van der Waals surface area contributed by atoms with Crippen LogP contribution in [0.15, 0.2) is 79.1 Å². The highest BCUT2D eigenvalue weighted by Gasteiger charge is 2.29. The number of allylic oxidation sites excluding steroid dienone is 1. The Morgan fingerprint density at radius 3 is 2.23 bits per heavy atom. The summed E-state index contributed by atoms with van der Waals surface area (Å²) >= 11 is 0. The second-order valence-electron chi connectivity index (χ2n) is 10.1. The van der Waals surface area contributed by atoms with E-state index in [9.17, 15) is 23.9 Å². The molecule has 4 rings (SSSR count). The second kappa shape index (κ2) is 14.3. The van der Waals surface area contributed by atoms with Crippen LogP contribution in [-0.2, 0) is 20.9 Å². The van der Waals surface area contributed by atoms with Crippen molar-refractivity contribution in [1.29, 1.82) is 0 Å². The van der Waals surface area contributed by atoms with E-state index >= 15 is 0 Å². The molecular formula is C33H33FN4O5. The summed E-state index contributed by atoms with van der Waals surface area (Å²) < 4.78 is 20.4. The number of esters is 1. The first-order chi connectivity index (χ1) is 20.7. The summed E-state index contributed by atoms with van der Waals surface area (Å²) in [4.78, 5) is 46.8. The minimum atomic E-state index is -1.21. The zero-order valence-electron chi connectivity index (χ0n) is 24.2. The van der Waals surface area contributed by atoms with Crippen molar-refractivity contribution < 1.29 is 28.6 Å². The fourth-order valence-corrected chi connectivity index (χ4v) is 4.81. The van der Waals surface area contributed by atoms with Gasteiger partial charge < -0.3 is 19.7 Å². The van der Waals surface area contributed by atoms with Crippen LogP contribution < -0.4 is 5.32 Å². The molecule has 0 aliphatic rings.